The molecule has 1 atom stereocenters. The number of ether oxygens (including phenoxy) is 3. The van der Waals surface area contributed by atoms with Gasteiger partial charge < -0.3 is 14.2 Å². The van der Waals surface area contributed by atoms with Crippen molar-refractivity contribution in [3.05, 3.63) is 36.5 Å². The predicted octanol–water partition coefficient (Wildman–Crippen LogP) is 24.7. The fourth-order valence-electron chi connectivity index (χ4n) is 11.0. The first-order valence-electron chi connectivity index (χ1n) is 36.0. The second-order valence-corrected chi connectivity index (χ2v) is 24.5. The summed E-state index contributed by atoms with van der Waals surface area (Å²) in [6.45, 7) is 6.63. The van der Waals surface area contributed by atoms with E-state index in [4.69, 9.17) is 14.2 Å². The van der Waals surface area contributed by atoms with Crippen LogP contribution in [0.5, 0.6) is 0 Å². The topological polar surface area (TPSA) is 78.9 Å². The van der Waals surface area contributed by atoms with Gasteiger partial charge >= 0.3 is 17.9 Å². The molecule has 0 heterocycles. The maximum Gasteiger partial charge on any atom is 0.306 e. The van der Waals surface area contributed by atoms with Crippen LogP contribution >= 0.6 is 0 Å². The highest BCUT2D eigenvalue weighted by Gasteiger charge is 2.19. The van der Waals surface area contributed by atoms with E-state index in [2.05, 4.69) is 57.2 Å². The molecule has 0 saturated heterocycles. The van der Waals surface area contributed by atoms with Gasteiger partial charge in [-0.25, -0.2) is 0 Å². The van der Waals surface area contributed by atoms with Crippen molar-refractivity contribution < 1.29 is 28.6 Å². The van der Waals surface area contributed by atoms with Crippen LogP contribution in [0.1, 0.15) is 400 Å². The lowest BCUT2D eigenvalue weighted by Gasteiger charge is -2.18. The molecule has 80 heavy (non-hydrogen) atoms. The smallest absolute Gasteiger partial charge is 0.306 e. The Morgan fingerprint density at radius 1 is 0.250 bits per heavy atom. The summed E-state index contributed by atoms with van der Waals surface area (Å²) in [4.78, 5) is 38.3. The number of allylic oxidation sites excluding steroid dienone is 6. The highest BCUT2D eigenvalue weighted by atomic mass is 16.6. The molecule has 0 N–H and O–H groups in total. The second kappa shape index (κ2) is 69.1. The van der Waals surface area contributed by atoms with Crippen molar-refractivity contribution in [2.24, 2.45) is 0 Å². The van der Waals surface area contributed by atoms with Gasteiger partial charge in [0.1, 0.15) is 13.2 Å². The first-order valence-corrected chi connectivity index (χ1v) is 36.0. The van der Waals surface area contributed by atoms with Crippen molar-refractivity contribution in [2.75, 3.05) is 13.2 Å². The van der Waals surface area contributed by atoms with E-state index in [1.807, 2.05) is 0 Å². The van der Waals surface area contributed by atoms with Gasteiger partial charge in [0.15, 0.2) is 6.10 Å². The van der Waals surface area contributed by atoms with Crippen molar-refractivity contribution in [3.8, 4) is 0 Å². The average molecular weight is 1120 g/mol. The first kappa shape index (κ1) is 77.6. The molecular formula is C74H138O6. The fraction of sp³-hybridized carbons (Fsp3) is 0.878. The zero-order valence-corrected chi connectivity index (χ0v) is 54.1. The Bertz CT molecular complexity index is 1340. The molecule has 1 unspecified atom stereocenters. The Balaban J connectivity index is 4.05. The molecule has 6 nitrogen and oxygen atoms in total. The molecule has 0 spiro atoms. The Kier molecular flexibility index (Phi) is 67.1. The summed E-state index contributed by atoms with van der Waals surface area (Å²) >= 11 is 0. The number of carbonyl (C=O) groups excluding carboxylic acids is 3. The van der Waals surface area contributed by atoms with Crippen LogP contribution in [-0.2, 0) is 28.6 Å². The molecule has 0 saturated carbocycles. The third kappa shape index (κ3) is 66.4. The van der Waals surface area contributed by atoms with E-state index >= 15 is 0 Å². The summed E-state index contributed by atoms with van der Waals surface area (Å²) in [6.07, 6.45) is 86.3. The molecule has 0 fully saturated rings. The molecule has 6 heteroatoms. The predicted molar refractivity (Wildman–Crippen MR) is 349 cm³/mol. The molecule has 0 radical (unpaired) electrons. The highest BCUT2D eigenvalue weighted by molar-refractivity contribution is 5.71. The van der Waals surface area contributed by atoms with Crippen LogP contribution in [0.3, 0.4) is 0 Å². The van der Waals surface area contributed by atoms with Crippen LogP contribution in [0.2, 0.25) is 0 Å². The molecule has 0 amide bonds. The van der Waals surface area contributed by atoms with E-state index in [0.29, 0.717) is 19.3 Å². The summed E-state index contributed by atoms with van der Waals surface area (Å²) in [5.41, 5.74) is 0. The summed E-state index contributed by atoms with van der Waals surface area (Å²) in [7, 11) is 0. The van der Waals surface area contributed by atoms with Gasteiger partial charge in [-0.1, -0.05) is 346 Å². The van der Waals surface area contributed by atoms with Gasteiger partial charge in [0.05, 0.1) is 0 Å². The van der Waals surface area contributed by atoms with Gasteiger partial charge in [-0.15, -0.1) is 0 Å². The molecule has 0 rings (SSSR count). The quantitative estimate of drug-likeness (QED) is 0.0261. The fourth-order valence-corrected chi connectivity index (χ4v) is 11.0. The third-order valence-corrected chi connectivity index (χ3v) is 16.3. The van der Waals surface area contributed by atoms with Crippen molar-refractivity contribution >= 4 is 17.9 Å². The van der Waals surface area contributed by atoms with Crippen molar-refractivity contribution in [2.45, 2.75) is 406 Å². The maximum absolute atomic E-state index is 12.9. The number of unbranched alkanes of at least 4 members (excludes halogenated alkanes) is 50. The molecule has 0 aliphatic carbocycles. The SMILES string of the molecule is CCC/C=C\CCCCCCCC(=O)OCC(COC(=O)CCCCCCCCCCCCCCCCCCCCCCC/C=C\C/C=C\CCCCCCC)OC(=O)CCCCCCCCCCCCCCCCCCCCC. The third-order valence-electron chi connectivity index (χ3n) is 16.3. The summed E-state index contributed by atoms with van der Waals surface area (Å²) in [5.74, 6) is -0.851. The van der Waals surface area contributed by atoms with Gasteiger partial charge in [0.2, 0.25) is 0 Å². The average Bonchev–Trinajstić information content (AvgIpc) is 3.46. The zero-order valence-electron chi connectivity index (χ0n) is 54.1. The van der Waals surface area contributed by atoms with Crippen molar-refractivity contribution in [3.63, 3.8) is 0 Å². The molecule has 0 aliphatic heterocycles. The Morgan fingerprint density at radius 3 is 0.750 bits per heavy atom. The summed E-state index contributed by atoms with van der Waals surface area (Å²) in [6, 6.07) is 0. The zero-order chi connectivity index (χ0) is 57.8. The minimum Gasteiger partial charge on any atom is -0.462 e. The molecule has 0 aromatic carbocycles. The van der Waals surface area contributed by atoms with Crippen LogP contribution in [-0.4, -0.2) is 37.2 Å². The van der Waals surface area contributed by atoms with Crippen molar-refractivity contribution in [1.29, 1.82) is 0 Å². The molecule has 0 bridgehead atoms. The second-order valence-electron chi connectivity index (χ2n) is 24.5. The lowest BCUT2D eigenvalue weighted by Crippen LogP contribution is -2.30. The van der Waals surface area contributed by atoms with Gasteiger partial charge in [0, 0.05) is 19.3 Å². The molecule has 0 aromatic rings. The van der Waals surface area contributed by atoms with E-state index < -0.39 is 6.10 Å². The van der Waals surface area contributed by atoms with E-state index in [1.165, 1.54) is 283 Å². The van der Waals surface area contributed by atoms with E-state index in [1.54, 1.807) is 0 Å². The molecular weight excluding hydrogens is 985 g/mol. The largest absolute Gasteiger partial charge is 0.462 e. The molecule has 0 aliphatic rings. The summed E-state index contributed by atoms with van der Waals surface area (Å²) in [5, 5.41) is 0. The maximum atomic E-state index is 12.9. The monoisotopic (exact) mass is 1120 g/mol. The van der Waals surface area contributed by atoms with Gasteiger partial charge in [0.25, 0.3) is 0 Å². The van der Waals surface area contributed by atoms with Crippen LogP contribution in [0.15, 0.2) is 36.5 Å². The lowest BCUT2D eigenvalue weighted by molar-refractivity contribution is -0.167. The van der Waals surface area contributed by atoms with Crippen LogP contribution in [0.4, 0.5) is 0 Å². The van der Waals surface area contributed by atoms with Crippen molar-refractivity contribution in [1.82, 2.24) is 0 Å². The van der Waals surface area contributed by atoms with Crippen LogP contribution in [0.25, 0.3) is 0 Å². The van der Waals surface area contributed by atoms with E-state index in [9.17, 15) is 14.4 Å². The van der Waals surface area contributed by atoms with Gasteiger partial charge in [-0.2, -0.15) is 0 Å². The van der Waals surface area contributed by atoms with E-state index in [-0.39, 0.29) is 31.1 Å². The highest BCUT2D eigenvalue weighted by Crippen LogP contribution is 2.19. The summed E-state index contributed by atoms with van der Waals surface area (Å²) < 4.78 is 16.9. The molecule has 470 valence electrons. The number of esters is 3. The normalized spacial score (nSPS) is 12.2. The standard InChI is InChI=1S/C74H138O6/c1-4-7-10-13-16-19-22-24-26-28-30-31-32-33-34-35-36-37-38-39-40-41-42-43-45-46-48-50-52-55-58-61-64-67-73(76)79-70-71(69-78-72(75)66-63-60-57-54-21-18-15-12-9-6-3)80-74(77)68-65-62-59-56-53-51-49-47-44-29-27-25-23-20-17-14-11-8-5-2/h12,15,22,24,28,30,71H,4-11,13-14,16-21,23,25-27,29,31-70H2,1-3H3/b15-12-,24-22-,30-28-. The minimum absolute atomic E-state index is 0.0685. The first-order chi connectivity index (χ1) is 39.5. The Morgan fingerprint density at radius 2 is 0.475 bits per heavy atom. The molecule has 0 aromatic heterocycles. The van der Waals surface area contributed by atoms with Gasteiger partial charge in [-0.3, -0.25) is 14.4 Å². The Hall–Kier alpha value is -2.37. The van der Waals surface area contributed by atoms with Crippen LogP contribution < -0.4 is 0 Å². The lowest BCUT2D eigenvalue weighted by atomic mass is 10.0. The number of carbonyl (C=O) groups is 3. The number of hydrogen-bond donors (Lipinski definition) is 0. The minimum atomic E-state index is -0.771. The number of rotatable bonds is 67. The van der Waals surface area contributed by atoms with Crippen LogP contribution in [0, 0.1) is 0 Å². The number of hydrogen-bond acceptors (Lipinski definition) is 6. The van der Waals surface area contributed by atoms with Gasteiger partial charge in [-0.05, 0) is 70.6 Å². The Labute approximate surface area is 499 Å². The van der Waals surface area contributed by atoms with E-state index in [0.717, 1.165) is 77.0 Å².